The van der Waals surface area contributed by atoms with Crippen LogP contribution in [0.5, 0.6) is 0 Å². The third-order valence-electron chi connectivity index (χ3n) is 4.58. The summed E-state index contributed by atoms with van der Waals surface area (Å²) >= 11 is 12.4. The maximum atomic E-state index is 11.9. The smallest absolute Gasteiger partial charge is 0.225 e. The summed E-state index contributed by atoms with van der Waals surface area (Å²) in [5, 5.41) is 10.8. The standard InChI is InChI=1S/C20H22Cl2N4O.HI/c1-23-20(24-10-9-15-16(21)6-4-7-17(15)22)25-12-13-11-19(27)26-18-8-3-2-5-14(13)18;/h2-8,13H,9-12H2,1H3,(H,26,27)(H2,23,24,25);1H. The first-order valence-electron chi connectivity index (χ1n) is 8.84. The molecule has 8 heteroatoms. The first kappa shape index (κ1) is 22.8. The van der Waals surface area contributed by atoms with Crippen molar-refractivity contribution in [3.8, 4) is 0 Å². The summed E-state index contributed by atoms with van der Waals surface area (Å²) in [6.45, 7) is 1.27. The Hall–Kier alpha value is -1.51. The molecule has 0 aromatic heterocycles. The Balaban J connectivity index is 0.00000280. The van der Waals surface area contributed by atoms with Gasteiger partial charge in [-0.15, -0.1) is 24.0 Å². The number of amides is 1. The highest BCUT2D eigenvalue weighted by Crippen LogP contribution is 2.31. The zero-order valence-corrected chi connectivity index (χ0v) is 19.3. The average Bonchev–Trinajstić information content (AvgIpc) is 2.66. The predicted molar refractivity (Wildman–Crippen MR) is 127 cm³/mol. The molecule has 5 nitrogen and oxygen atoms in total. The summed E-state index contributed by atoms with van der Waals surface area (Å²) < 4.78 is 0. The Labute approximate surface area is 192 Å². The van der Waals surface area contributed by atoms with Gasteiger partial charge in [0.2, 0.25) is 5.91 Å². The maximum Gasteiger partial charge on any atom is 0.225 e. The van der Waals surface area contributed by atoms with Gasteiger partial charge in [-0.3, -0.25) is 9.79 Å². The van der Waals surface area contributed by atoms with Crippen molar-refractivity contribution < 1.29 is 4.79 Å². The largest absolute Gasteiger partial charge is 0.356 e. The molecule has 3 N–H and O–H groups in total. The first-order chi connectivity index (χ1) is 13.1. The zero-order chi connectivity index (χ0) is 19.2. The van der Waals surface area contributed by atoms with Crippen LogP contribution in [0.3, 0.4) is 0 Å². The van der Waals surface area contributed by atoms with E-state index >= 15 is 0 Å². The Morgan fingerprint density at radius 2 is 1.86 bits per heavy atom. The highest BCUT2D eigenvalue weighted by atomic mass is 127. The molecule has 1 heterocycles. The van der Waals surface area contributed by atoms with Gasteiger partial charge in [-0.05, 0) is 35.7 Å². The molecule has 1 amide bonds. The maximum absolute atomic E-state index is 11.9. The molecule has 2 aromatic rings. The van der Waals surface area contributed by atoms with Gasteiger partial charge < -0.3 is 16.0 Å². The first-order valence-corrected chi connectivity index (χ1v) is 9.60. The van der Waals surface area contributed by atoms with E-state index in [4.69, 9.17) is 23.2 Å². The molecular formula is C20H23Cl2IN4O. The quantitative estimate of drug-likeness (QED) is 0.303. The van der Waals surface area contributed by atoms with Crippen LogP contribution in [0.4, 0.5) is 5.69 Å². The van der Waals surface area contributed by atoms with E-state index in [0.29, 0.717) is 41.9 Å². The Bertz CT molecular complexity index is 840. The highest BCUT2D eigenvalue weighted by molar-refractivity contribution is 14.0. The van der Waals surface area contributed by atoms with Crippen LogP contribution in [0.2, 0.25) is 10.0 Å². The number of para-hydroxylation sites is 1. The van der Waals surface area contributed by atoms with Gasteiger partial charge in [0.1, 0.15) is 0 Å². The molecule has 28 heavy (non-hydrogen) atoms. The molecule has 1 aliphatic rings. The number of nitrogens with zero attached hydrogens (tertiary/aromatic N) is 1. The number of aliphatic imine (C=N–C) groups is 1. The van der Waals surface area contributed by atoms with Gasteiger partial charge >= 0.3 is 0 Å². The normalized spacial score (nSPS) is 15.9. The fourth-order valence-electron chi connectivity index (χ4n) is 3.20. The summed E-state index contributed by atoms with van der Waals surface area (Å²) in [6, 6.07) is 13.4. The predicted octanol–water partition coefficient (Wildman–Crippen LogP) is 4.44. The van der Waals surface area contributed by atoms with Crippen LogP contribution in [0.25, 0.3) is 0 Å². The molecule has 0 bridgehead atoms. The van der Waals surface area contributed by atoms with E-state index < -0.39 is 0 Å². The van der Waals surface area contributed by atoms with E-state index in [0.717, 1.165) is 16.8 Å². The summed E-state index contributed by atoms with van der Waals surface area (Å²) in [5.74, 6) is 0.824. The van der Waals surface area contributed by atoms with Gasteiger partial charge in [0, 0.05) is 48.2 Å². The third-order valence-corrected chi connectivity index (χ3v) is 5.28. The van der Waals surface area contributed by atoms with Crippen molar-refractivity contribution in [3.63, 3.8) is 0 Å². The second-order valence-corrected chi connectivity index (χ2v) is 7.18. The minimum atomic E-state index is 0. The van der Waals surface area contributed by atoms with E-state index in [9.17, 15) is 4.79 Å². The molecule has 150 valence electrons. The van der Waals surface area contributed by atoms with Crippen molar-refractivity contribution in [2.24, 2.45) is 4.99 Å². The van der Waals surface area contributed by atoms with Gasteiger partial charge in [0.05, 0.1) is 0 Å². The molecule has 0 radical (unpaired) electrons. The second-order valence-electron chi connectivity index (χ2n) is 6.37. The molecular weight excluding hydrogens is 510 g/mol. The number of anilines is 1. The van der Waals surface area contributed by atoms with Crippen LogP contribution in [-0.4, -0.2) is 32.0 Å². The van der Waals surface area contributed by atoms with Crippen LogP contribution in [0.15, 0.2) is 47.5 Å². The molecule has 0 spiro atoms. The van der Waals surface area contributed by atoms with Crippen molar-refractivity contribution >= 4 is 64.7 Å². The SMILES string of the molecule is CN=C(NCCc1c(Cl)cccc1Cl)NCC1CC(=O)Nc2ccccc21.I. The minimum absolute atomic E-state index is 0. The molecule has 1 aliphatic heterocycles. The number of guanidine groups is 1. The van der Waals surface area contributed by atoms with Gasteiger partial charge in [-0.1, -0.05) is 47.5 Å². The molecule has 0 saturated heterocycles. The lowest BCUT2D eigenvalue weighted by Gasteiger charge is -2.26. The molecule has 0 fully saturated rings. The van der Waals surface area contributed by atoms with Gasteiger partial charge in [0.25, 0.3) is 0 Å². The zero-order valence-electron chi connectivity index (χ0n) is 15.5. The third kappa shape index (κ3) is 5.75. The Morgan fingerprint density at radius 1 is 1.14 bits per heavy atom. The number of carbonyl (C=O) groups excluding carboxylic acids is 1. The molecule has 1 atom stereocenters. The van der Waals surface area contributed by atoms with Crippen molar-refractivity contribution in [3.05, 3.63) is 63.6 Å². The number of halogens is 3. The molecule has 1 unspecified atom stereocenters. The number of hydrogen-bond acceptors (Lipinski definition) is 2. The van der Waals surface area contributed by atoms with Gasteiger partial charge in [0.15, 0.2) is 5.96 Å². The Kier molecular flexibility index (Phi) is 8.85. The minimum Gasteiger partial charge on any atom is -0.356 e. The Morgan fingerprint density at radius 3 is 2.57 bits per heavy atom. The van der Waals surface area contributed by atoms with Crippen molar-refractivity contribution in [1.82, 2.24) is 10.6 Å². The molecule has 0 saturated carbocycles. The van der Waals surface area contributed by atoms with Crippen LogP contribution < -0.4 is 16.0 Å². The lowest BCUT2D eigenvalue weighted by atomic mass is 9.90. The summed E-state index contributed by atoms with van der Waals surface area (Å²) in [7, 11) is 1.72. The van der Waals surface area contributed by atoms with Crippen LogP contribution >= 0.6 is 47.2 Å². The summed E-state index contributed by atoms with van der Waals surface area (Å²) in [4.78, 5) is 16.2. The van der Waals surface area contributed by atoms with Crippen LogP contribution in [-0.2, 0) is 11.2 Å². The number of nitrogens with one attached hydrogen (secondary N) is 3. The van der Waals surface area contributed by atoms with Crippen LogP contribution in [0, 0.1) is 0 Å². The summed E-state index contributed by atoms with van der Waals surface area (Å²) in [5.41, 5.74) is 2.95. The number of rotatable bonds is 5. The van der Waals surface area contributed by atoms with Crippen molar-refractivity contribution in [2.45, 2.75) is 18.8 Å². The van der Waals surface area contributed by atoms with Crippen molar-refractivity contribution in [2.75, 3.05) is 25.5 Å². The topological polar surface area (TPSA) is 65.5 Å². The van der Waals surface area contributed by atoms with Crippen molar-refractivity contribution in [1.29, 1.82) is 0 Å². The van der Waals surface area contributed by atoms with E-state index in [1.54, 1.807) is 7.05 Å². The van der Waals surface area contributed by atoms with E-state index in [2.05, 4.69) is 27.0 Å². The molecule has 3 rings (SSSR count). The van der Waals surface area contributed by atoms with Gasteiger partial charge in [-0.2, -0.15) is 0 Å². The highest BCUT2D eigenvalue weighted by Gasteiger charge is 2.24. The fourth-order valence-corrected chi connectivity index (χ4v) is 3.79. The lowest BCUT2D eigenvalue weighted by Crippen LogP contribution is -2.41. The van der Waals surface area contributed by atoms with E-state index in [1.165, 1.54) is 0 Å². The molecule has 0 aliphatic carbocycles. The lowest BCUT2D eigenvalue weighted by molar-refractivity contribution is -0.116. The fraction of sp³-hybridized carbons (Fsp3) is 0.300. The number of benzene rings is 2. The van der Waals surface area contributed by atoms with Crippen LogP contribution in [0.1, 0.15) is 23.5 Å². The van der Waals surface area contributed by atoms with E-state index in [1.807, 2.05) is 36.4 Å². The monoisotopic (exact) mass is 532 g/mol. The van der Waals surface area contributed by atoms with E-state index in [-0.39, 0.29) is 35.8 Å². The number of hydrogen-bond donors (Lipinski definition) is 3. The second kappa shape index (κ2) is 10.9. The number of carbonyl (C=O) groups is 1. The summed E-state index contributed by atoms with van der Waals surface area (Å²) in [6.07, 6.45) is 1.14. The molecule has 2 aromatic carbocycles. The average molecular weight is 533 g/mol. The number of fused-ring (bicyclic) bond motifs is 1. The van der Waals surface area contributed by atoms with Gasteiger partial charge in [-0.25, -0.2) is 0 Å².